The van der Waals surface area contributed by atoms with Gasteiger partial charge in [0.1, 0.15) is 5.69 Å². The van der Waals surface area contributed by atoms with E-state index in [1.165, 1.54) is 6.92 Å². The molecule has 0 bridgehead atoms. The van der Waals surface area contributed by atoms with Crippen molar-refractivity contribution < 1.29 is 9.59 Å². The lowest BCUT2D eigenvalue weighted by Gasteiger charge is -2.10. The molecule has 0 spiro atoms. The van der Waals surface area contributed by atoms with Crippen LogP contribution in [0.2, 0.25) is 0 Å². The molecule has 3 heterocycles. The minimum absolute atomic E-state index is 0.159. The first-order valence-corrected chi connectivity index (χ1v) is 9.79. The van der Waals surface area contributed by atoms with E-state index < -0.39 is 0 Å². The smallest absolute Gasteiger partial charge is 0.275 e. The molecule has 1 amide bonds. The predicted octanol–water partition coefficient (Wildman–Crippen LogP) is 4.62. The van der Waals surface area contributed by atoms with Gasteiger partial charge in [-0.05, 0) is 35.4 Å². The first-order valence-electron chi connectivity index (χ1n) is 8.91. The van der Waals surface area contributed by atoms with Crippen molar-refractivity contribution in [1.82, 2.24) is 20.2 Å². The maximum Gasteiger partial charge on any atom is 0.275 e. The fourth-order valence-corrected chi connectivity index (χ4v) is 4.07. The van der Waals surface area contributed by atoms with Crippen molar-refractivity contribution >= 4 is 50.5 Å². The Morgan fingerprint density at radius 1 is 1.10 bits per heavy atom. The molecule has 2 aromatic carbocycles. The molecule has 29 heavy (non-hydrogen) atoms. The SMILES string of the molecule is CC(=O)c1nc(C(=O)Nc2cc(-c3cccc4[nH]ccc34)cc3[nH]ncc23)cs1. The minimum Gasteiger partial charge on any atom is -0.361 e. The maximum atomic E-state index is 12.7. The summed E-state index contributed by atoms with van der Waals surface area (Å²) in [6, 6.07) is 12.0. The van der Waals surface area contributed by atoms with Crippen molar-refractivity contribution in [1.29, 1.82) is 0 Å². The van der Waals surface area contributed by atoms with Gasteiger partial charge in [0.15, 0.2) is 10.8 Å². The number of fused-ring (bicyclic) bond motifs is 2. The molecule has 0 saturated carbocycles. The number of carbonyl (C=O) groups excluding carboxylic acids is 2. The third-order valence-electron chi connectivity index (χ3n) is 4.75. The molecule has 3 aromatic heterocycles. The van der Waals surface area contributed by atoms with E-state index in [1.54, 1.807) is 11.6 Å². The lowest BCUT2D eigenvalue weighted by Crippen LogP contribution is -2.13. The van der Waals surface area contributed by atoms with Crippen LogP contribution in [-0.4, -0.2) is 31.9 Å². The van der Waals surface area contributed by atoms with Gasteiger partial charge in [-0.1, -0.05) is 12.1 Å². The molecule has 0 aliphatic heterocycles. The minimum atomic E-state index is -0.367. The van der Waals surface area contributed by atoms with Crippen LogP contribution in [0, 0.1) is 0 Å². The summed E-state index contributed by atoms with van der Waals surface area (Å²) in [7, 11) is 0. The highest BCUT2D eigenvalue weighted by Crippen LogP contribution is 2.34. The molecule has 3 N–H and O–H groups in total. The second-order valence-corrected chi connectivity index (χ2v) is 7.51. The van der Waals surface area contributed by atoms with Gasteiger partial charge in [-0.15, -0.1) is 11.3 Å². The number of aromatic amines is 2. The molecule has 5 aromatic rings. The fraction of sp³-hybridized carbons (Fsp3) is 0.0476. The van der Waals surface area contributed by atoms with Gasteiger partial charge < -0.3 is 10.3 Å². The molecule has 8 heteroatoms. The summed E-state index contributed by atoms with van der Waals surface area (Å²) >= 11 is 1.16. The second-order valence-electron chi connectivity index (χ2n) is 6.65. The third-order valence-corrected chi connectivity index (χ3v) is 5.69. The van der Waals surface area contributed by atoms with E-state index in [0.717, 1.165) is 44.3 Å². The van der Waals surface area contributed by atoms with Crippen molar-refractivity contribution in [2.24, 2.45) is 0 Å². The second kappa shape index (κ2) is 6.68. The molecule has 7 nitrogen and oxygen atoms in total. The molecule has 0 atom stereocenters. The molecule has 0 radical (unpaired) electrons. The van der Waals surface area contributed by atoms with Crippen LogP contribution in [0.3, 0.4) is 0 Å². The van der Waals surface area contributed by atoms with Gasteiger partial charge in [0, 0.05) is 34.8 Å². The van der Waals surface area contributed by atoms with Gasteiger partial charge in [-0.25, -0.2) is 4.98 Å². The Bertz CT molecular complexity index is 1390. The molecule has 5 rings (SSSR count). The highest BCUT2D eigenvalue weighted by Gasteiger charge is 2.16. The number of thiazole rings is 1. The van der Waals surface area contributed by atoms with E-state index >= 15 is 0 Å². The van der Waals surface area contributed by atoms with E-state index in [4.69, 9.17) is 0 Å². The molecule has 0 aliphatic carbocycles. The zero-order valence-corrected chi connectivity index (χ0v) is 16.1. The Hall–Kier alpha value is -3.78. The van der Waals surface area contributed by atoms with E-state index in [9.17, 15) is 9.59 Å². The van der Waals surface area contributed by atoms with Crippen LogP contribution >= 0.6 is 11.3 Å². The lowest BCUT2D eigenvalue weighted by atomic mass is 9.99. The van der Waals surface area contributed by atoms with Crippen LogP contribution in [0.5, 0.6) is 0 Å². The van der Waals surface area contributed by atoms with Gasteiger partial charge in [0.2, 0.25) is 0 Å². The monoisotopic (exact) mass is 401 g/mol. The number of nitrogens with one attached hydrogen (secondary N) is 3. The number of nitrogens with zero attached hydrogens (tertiary/aromatic N) is 2. The summed E-state index contributed by atoms with van der Waals surface area (Å²) in [6.07, 6.45) is 3.58. The van der Waals surface area contributed by atoms with Gasteiger partial charge in [0.25, 0.3) is 5.91 Å². The Morgan fingerprint density at radius 2 is 2.00 bits per heavy atom. The van der Waals surface area contributed by atoms with Crippen molar-refractivity contribution in [3.8, 4) is 11.1 Å². The van der Waals surface area contributed by atoms with Gasteiger partial charge in [0.05, 0.1) is 17.4 Å². The molecule has 0 saturated heterocycles. The Kier molecular flexibility index (Phi) is 3.99. The van der Waals surface area contributed by atoms with E-state index in [0.29, 0.717) is 10.7 Å². The topological polar surface area (TPSA) is 104 Å². The molecular weight excluding hydrogens is 386 g/mol. The van der Waals surface area contributed by atoms with Crippen molar-refractivity contribution in [3.05, 3.63) is 64.9 Å². The number of amides is 1. The number of aromatic nitrogens is 4. The number of anilines is 1. The third kappa shape index (κ3) is 2.99. The number of rotatable bonds is 4. The number of hydrogen-bond donors (Lipinski definition) is 3. The maximum absolute atomic E-state index is 12.7. The molecule has 0 unspecified atom stereocenters. The first kappa shape index (κ1) is 17.3. The van der Waals surface area contributed by atoms with Crippen molar-refractivity contribution in [2.75, 3.05) is 5.32 Å². The summed E-state index contributed by atoms with van der Waals surface area (Å²) in [5.41, 5.74) is 4.69. The van der Waals surface area contributed by atoms with E-state index in [2.05, 4.69) is 25.5 Å². The molecule has 0 aliphatic rings. The lowest BCUT2D eigenvalue weighted by molar-refractivity contribution is 0.101. The Morgan fingerprint density at radius 3 is 2.83 bits per heavy atom. The predicted molar refractivity (Wildman–Crippen MR) is 113 cm³/mol. The zero-order chi connectivity index (χ0) is 20.0. The summed E-state index contributed by atoms with van der Waals surface area (Å²) in [5.74, 6) is -0.527. The summed E-state index contributed by atoms with van der Waals surface area (Å²) in [6.45, 7) is 1.43. The van der Waals surface area contributed by atoms with Gasteiger partial charge in [-0.2, -0.15) is 5.10 Å². The van der Waals surface area contributed by atoms with Crippen LogP contribution < -0.4 is 5.32 Å². The van der Waals surface area contributed by atoms with E-state index in [1.807, 2.05) is 42.6 Å². The number of carbonyl (C=O) groups is 2. The highest BCUT2D eigenvalue weighted by atomic mass is 32.1. The number of ketones is 1. The summed E-state index contributed by atoms with van der Waals surface area (Å²) in [4.78, 5) is 31.5. The van der Waals surface area contributed by atoms with Crippen LogP contribution in [0.25, 0.3) is 32.9 Å². The molecule has 142 valence electrons. The van der Waals surface area contributed by atoms with Gasteiger partial charge >= 0.3 is 0 Å². The summed E-state index contributed by atoms with van der Waals surface area (Å²) in [5, 5.41) is 13.8. The van der Waals surface area contributed by atoms with Gasteiger partial charge in [-0.3, -0.25) is 14.7 Å². The standard InChI is InChI=1S/C21H15N5O2S/c1-11(27)21-25-19(10-29-21)20(28)24-17-7-12(8-18-15(17)9-23-26-18)13-3-2-4-16-14(13)5-6-22-16/h2-10,22H,1H3,(H,23,26)(H,24,28). The van der Waals surface area contributed by atoms with Crippen LogP contribution in [0.15, 0.2) is 54.2 Å². The number of Topliss-reactive ketones (excluding diaryl/α,β-unsaturated/α-hetero) is 1. The van der Waals surface area contributed by atoms with Crippen molar-refractivity contribution in [3.63, 3.8) is 0 Å². The molecular formula is C21H15N5O2S. The molecule has 0 fully saturated rings. The van der Waals surface area contributed by atoms with E-state index in [-0.39, 0.29) is 17.4 Å². The van der Waals surface area contributed by atoms with Crippen LogP contribution in [0.1, 0.15) is 27.2 Å². The largest absolute Gasteiger partial charge is 0.361 e. The van der Waals surface area contributed by atoms with Crippen LogP contribution in [0.4, 0.5) is 5.69 Å². The van der Waals surface area contributed by atoms with Crippen molar-refractivity contribution in [2.45, 2.75) is 6.92 Å². The quantitative estimate of drug-likeness (QED) is 0.382. The first-order chi connectivity index (χ1) is 14.1. The normalized spacial score (nSPS) is 11.2. The Balaban J connectivity index is 1.58. The average molecular weight is 401 g/mol. The fourth-order valence-electron chi connectivity index (χ4n) is 3.37. The number of H-pyrrole nitrogens is 2. The highest BCUT2D eigenvalue weighted by molar-refractivity contribution is 7.11. The average Bonchev–Trinajstić information content (AvgIpc) is 3.46. The summed E-state index contributed by atoms with van der Waals surface area (Å²) < 4.78 is 0. The Labute approximate surface area is 168 Å². The van der Waals surface area contributed by atoms with Crippen LogP contribution in [-0.2, 0) is 0 Å². The number of benzene rings is 2. The zero-order valence-electron chi connectivity index (χ0n) is 15.3. The number of hydrogen-bond acceptors (Lipinski definition) is 5.